The summed E-state index contributed by atoms with van der Waals surface area (Å²) in [6.45, 7) is 0. The standard InChI is InChI=1S/C8H5F2IN2/c9-8(10)7-6-4(11)3-13-5(6)1-2-12-7/h1-3,8,13H. The lowest BCUT2D eigenvalue weighted by Crippen LogP contribution is -1.90. The number of nitrogens with zero attached hydrogens (tertiary/aromatic N) is 1. The van der Waals surface area contributed by atoms with E-state index in [9.17, 15) is 8.78 Å². The van der Waals surface area contributed by atoms with Crippen LogP contribution in [-0.4, -0.2) is 9.97 Å². The van der Waals surface area contributed by atoms with Crippen LogP contribution in [0.2, 0.25) is 0 Å². The topological polar surface area (TPSA) is 28.7 Å². The fourth-order valence-corrected chi connectivity index (χ4v) is 1.95. The maximum Gasteiger partial charge on any atom is 0.281 e. The van der Waals surface area contributed by atoms with E-state index in [0.29, 0.717) is 10.9 Å². The van der Waals surface area contributed by atoms with Crippen LogP contribution in [0.15, 0.2) is 18.5 Å². The molecule has 2 aromatic rings. The Bertz CT molecular complexity index is 439. The van der Waals surface area contributed by atoms with Crippen LogP contribution >= 0.6 is 22.6 Å². The van der Waals surface area contributed by atoms with Gasteiger partial charge < -0.3 is 4.98 Å². The van der Waals surface area contributed by atoms with Gasteiger partial charge in [-0.25, -0.2) is 8.78 Å². The Morgan fingerprint density at radius 1 is 1.46 bits per heavy atom. The predicted octanol–water partition coefficient (Wildman–Crippen LogP) is 3.11. The highest BCUT2D eigenvalue weighted by Crippen LogP contribution is 2.28. The fraction of sp³-hybridized carbons (Fsp3) is 0.125. The number of aromatic nitrogens is 2. The van der Waals surface area contributed by atoms with Crippen LogP contribution in [0.1, 0.15) is 12.1 Å². The van der Waals surface area contributed by atoms with Crippen molar-refractivity contribution in [3.8, 4) is 0 Å². The lowest BCUT2D eigenvalue weighted by atomic mass is 10.2. The Balaban J connectivity index is 2.80. The average molecular weight is 294 g/mol. The zero-order valence-electron chi connectivity index (χ0n) is 6.39. The predicted molar refractivity (Wildman–Crippen MR) is 53.8 cm³/mol. The average Bonchev–Trinajstić information content (AvgIpc) is 2.48. The minimum Gasteiger partial charge on any atom is -0.360 e. The summed E-state index contributed by atoms with van der Waals surface area (Å²) in [6, 6.07) is 1.68. The Hall–Kier alpha value is -0.720. The molecular formula is C8H5F2IN2. The molecule has 13 heavy (non-hydrogen) atoms. The third-order valence-electron chi connectivity index (χ3n) is 1.78. The molecule has 2 aromatic heterocycles. The van der Waals surface area contributed by atoms with Crippen molar-refractivity contribution in [2.75, 3.05) is 0 Å². The van der Waals surface area contributed by atoms with E-state index in [0.717, 1.165) is 3.57 Å². The number of pyridine rings is 1. The maximum atomic E-state index is 12.5. The molecule has 2 nitrogen and oxygen atoms in total. The lowest BCUT2D eigenvalue weighted by Gasteiger charge is -2.00. The molecule has 0 bridgehead atoms. The number of aromatic amines is 1. The molecule has 0 unspecified atom stereocenters. The van der Waals surface area contributed by atoms with Gasteiger partial charge in [-0.3, -0.25) is 4.98 Å². The van der Waals surface area contributed by atoms with Gasteiger partial charge in [0.2, 0.25) is 0 Å². The zero-order chi connectivity index (χ0) is 9.42. The first-order valence-electron chi connectivity index (χ1n) is 3.60. The van der Waals surface area contributed by atoms with Gasteiger partial charge in [-0.1, -0.05) is 0 Å². The molecule has 0 saturated carbocycles. The zero-order valence-corrected chi connectivity index (χ0v) is 8.55. The molecule has 0 amide bonds. The maximum absolute atomic E-state index is 12.5. The number of hydrogen-bond acceptors (Lipinski definition) is 1. The second kappa shape index (κ2) is 3.21. The summed E-state index contributed by atoms with van der Waals surface area (Å²) in [4.78, 5) is 6.57. The Morgan fingerprint density at radius 3 is 2.92 bits per heavy atom. The summed E-state index contributed by atoms with van der Waals surface area (Å²) in [5.74, 6) is 0. The molecule has 0 saturated heterocycles. The highest BCUT2D eigenvalue weighted by Gasteiger charge is 2.15. The van der Waals surface area contributed by atoms with Crippen LogP contribution in [0.4, 0.5) is 8.78 Å². The summed E-state index contributed by atoms with van der Waals surface area (Å²) in [5, 5.41) is 0.526. The van der Waals surface area contributed by atoms with Gasteiger partial charge in [0.15, 0.2) is 0 Å². The first kappa shape index (κ1) is 8.86. The summed E-state index contributed by atoms with van der Waals surface area (Å²) in [5.41, 5.74) is 0.554. The molecule has 0 atom stereocenters. The van der Waals surface area contributed by atoms with Gasteiger partial charge in [0.25, 0.3) is 6.43 Å². The lowest BCUT2D eigenvalue weighted by molar-refractivity contribution is 0.148. The van der Waals surface area contributed by atoms with Crippen molar-refractivity contribution >= 4 is 33.5 Å². The van der Waals surface area contributed by atoms with Crippen molar-refractivity contribution in [3.63, 3.8) is 0 Å². The smallest absolute Gasteiger partial charge is 0.281 e. The van der Waals surface area contributed by atoms with E-state index in [4.69, 9.17) is 0 Å². The van der Waals surface area contributed by atoms with Gasteiger partial charge in [0, 0.05) is 21.4 Å². The van der Waals surface area contributed by atoms with Gasteiger partial charge in [-0.2, -0.15) is 0 Å². The largest absolute Gasteiger partial charge is 0.360 e. The van der Waals surface area contributed by atoms with Crippen LogP contribution in [-0.2, 0) is 0 Å². The van der Waals surface area contributed by atoms with Crippen molar-refractivity contribution in [2.24, 2.45) is 0 Å². The van der Waals surface area contributed by atoms with Crippen molar-refractivity contribution < 1.29 is 8.78 Å². The normalized spacial score (nSPS) is 11.4. The highest BCUT2D eigenvalue weighted by molar-refractivity contribution is 14.1. The number of nitrogens with one attached hydrogen (secondary N) is 1. The fourth-order valence-electron chi connectivity index (χ4n) is 1.23. The SMILES string of the molecule is FC(F)c1nccc2[nH]cc(I)c12. The van der Waals surface area contributed by atoms with Crippen LogP contribution in [0.5, 0.6) is 0 Å². The minimum absolute atomic E-state index is 0.150. The minimum atomic E-state index is -2.52. The van der Waals surface area contributed by atoms with Crippen LogP contribution < -0.4 is 0 Å². The highest BCUT2D eigenvalue weighted by atomic mass is 127. The molecule has 2 heterocycles. The van der Waals surface area contributed by atoms with Gasteiger partial charge in [-0.15, -0.1) is 0 Å². The number of alkyl halides is 2. The number of H-pyrrole nitrogens is 1. The van der Waals surface area contributed by atoms with Crippen LogP contribution in [0.25, 0.3) is 10.9 Å². The molecule has 0 aliphatic rings. The summed E-state index contributed by atoms with van der Waals surface area (Å²) >= 11 is 2.01. The van der Waals surface area contributed by atoms with Gasteiger partial charge in [0.1, 0.15) is 5.69 Å². The first-order valence-corrected chi connectivity index (χ1v) is 4.67. The Morgan fingerprint density at radius 2 is 2.23 bits per heavy atom. The van der Waals surface area contributed by atoms with E-state index in [1.165, 1.54) is 6.20 Å². The molecule has 5 heteroatoms. The van der Waals surface area contributed by atoms with Crippen molar-refractivity contribution in [1.29, 1.82) is 0 Å². The molecular weight excluding hydrogens is 289 g/mol. The van der Waals surface area contributed by atoms with Crippen molar-refractivity contribution in [1.82, 2.24) is 9.97 Å². The molecule has 0 aliphatic heterocycles. The summed E-state index contributed by atoms with van der Waals surface area (Å²) in [7, 11) is 0. The second-order valence-electron chi connectivity index (χ2n) is 2.56. The van der Waals surface area contributed by atoms with Crippen molar-refractivity contribution in [2.45, 2.75) is 6.43 Å². The molecule has 1 N–H and O–H groups in total. The van der Waals surface area contributed by atoms with E-state index in [1.54, 1.807) is 12.3 Å². The molecule has 68 valence electrons. The quantitative estimate of drug-likeness (QED) is 0.804. The van der Waals surface area contributed by atoms with Crippen molar-refractivity contribution in [3.05, 3.63) is 27.7 Å². The number of rotatable bonds is 1. The number of hydrogen-bond donors (Lipinski definition) is 1. The first-order chi connectivity index (χ1) is 6.20. The number of fused-ring (bicyclic) bond motifs is 1. The van der Waals surface area contributed by atoms with Crippen LogP contribution in [0, 0.1) is 3.57 Å². The number of halogens is 3. The summed E-state index contributed by atoms with van der Waals surface area (Å²) in [6.07, 6.45) is 0.558. The molecule has 2 rings (SSSR count). The Kier molecular flexibility index (Phi) is 2.19. The van der Waals surface area contributed by atoms with E-state index < -0.39 is 6.43 Å². The molecule has 0 fully saturated rings. The molecule has 0 radical (unpaired) electrons. The summed E-state index contributed by atoms with van der Waals surface area (Å²) < 4.78 is 25.7. The van der Waals surface area contributed by atoms with E-state index in [1.807, 2.05) is 22.6 Å². The molecule has 0 aromatic carbocycles. The van der Waals surface area contributed by atoms with Gasteiger partial charge in [0.05, 0.1) is 5.52 Å². The second-order valence-corrected chi connectivity index (χ2v) is 3.72. The third-order valence-corrected chi connectivity index (χ3v) is 2.63. The Labute approximate surface area is 86.5 Å². The van der Waals surface area contributed by atoms with Gasteiger partial charge in [-0.05, 0) is 28.7 Å². The van der Waals surface area contributed by atoms with E-state index >= 15 is 0 Å². The van der Waals surface area contributed by atoms with Crippen LogP contribution in [0.3, 0.4) is 0 Å². The third kappa shape index (κ3) is 1.41. The van der Waals surface area contributed by atoms with E-state index in [2.05, 4.69) is 9.97 Å². The molecule has 0 aliphatic carbocycles. The van der Waals surface area contributed by atoms with E-state index in [-0.39, 0.29) is 5.69 Å². The molecule has 0 spiro atoms. The van der Waals surface area contributed by atoms with Gasteiger partial charge >= 0.3 is 0 Å². The monoisotopic (exact) mass is 294 g/mol.